The van der Waals surface area contributed by atoms with Crippen LogP contribution in [-0.4, -0.2) is 12.9 Å². The number of hydrogen-bond acceptors (Lipinski definition) is 2. The molecule has 0 aromatic heterocycles. The summed E-state index contributed by atoms with van der Waals surface area (Å²) in [5.74, 6) is 0.906. The van der Waals surface area contributed by atoms with Gasteiger partial charge in [0.1, 0.15) is 11.5 Å². The number of halogens is 2. The number of methoxy groups -OCH3 is 1. The molecule has 2 aromatic rings. The largest absolute Gasteiger partial charge is 0.497 e. The molecule has 0 aliphatic heterocycles. The van der Waals surface area contributed by atoms with E-state index in [1.54, 1.807) is 19.2 Å². The van der Waals surface area contributed by atoms with Crippen molar-refractivity contribution in [3.8, 4) is 5.75 Å². The molecule has 0 saturated carbocycles. The first-order valence-corrected chi connectivity index (χ1v) is 7.34. The van der Waals surface area contributed by atoms with E-state index in [4.69, 9.17) is 16.3 Å². The summed E-state index contributed by atoms with van der Waals surface area (Å²) in [5, 5.41) is 0.678. The highest BCUT2D eigenvalue weighted by Gasteiger charge is 2.09. The van der Waals surface area contributed by atoms with Gasteiger partial charge in [0.25, 0.3) is 0 Å². The van der Waals surface area contributed by atoms with Crippen molar-refractivity contribution in [3.63, 3.8) is 0 Å². The lowest BCUT2D eigenvalue weighted by atomic mass is 10.0. The van der Waals surface area contributed by atoms with Crippen molar-refractivity contribution in [1.82, 2.24) is 0 Å². The van der Waals surface area contributed by atoms with Crippen LogP contribution >= 0.6 is 27.5 Å². The zero-order chi connectivity index (χ0) is 14.5. The molecule has 0 radical (unpaired) electrons. The maximum absolute atomic E-state index is 12.1. The number of Topliss-reactive ketones (excluding diaryl/α,β-unsaturated/α-hetero) is 1. The lowest BCUT2D eigenvalue weighted by Gasteiger charge is -2.07. The summed E-state index contributed by atoms with van der Waals surface area (Å²) in [7, 11) is 1.61. The van der Waals surface area contributed by atoms with Crippen molar-refractivity contribution in [3.05, 3.63) is 63.1 Å². The summed E-state index contributed by atoms with van der Waals surface area (Å²) in [6, 6.07) is 13.0. The van der Waals surface area contributed by atoms with Crippen LogP contribution in [0.25, 0.3) is 0 Å². The van der Waals surface area contributed by atoms with Crippen LogP contribution in [0.2, 0.25) is 5.02 Å². The fourth-order valence-corrected chi connectivity index (χ4v) is 2.43. The molecule has 0 bridgehead atoms. The first-order valence-electron chi connectivity index (χ1n) is 6.17. The van der Waals surface area contributed by atoms with Crippen molar-refractivity contribution in [2.24, 2.45) is 0 Å². The fourth-order valence-electron chi connectivity index (χ4n) is 1.92. The molecule has 2 nitrogen and oxygen atoms in total. The third-order valence-electron chi connectivity index (χ3n) is 2.96. The average molecular weight is 354 g/mol. The van der Waals surface area contributed by atoms with Gasteiger partial charge in [0, 0.05) is 22.3 Å². The molecule has 20 heavy (non-hydrogen) atoms. The van der Waals surface area contributed by atoms with E-state index in [9.17, 15) is 4.79 Å². The van der Waals surface area contributed by atoms with Gasteiger partial charge in [-0.3, -0.25) is 4.79 Å². The Morgan fingerprint density at radius 2 is 1.85 bits per heavy atom. The highest BCUT2D eigenvalue weighted by molar-refractivity contribution is 9.10. The number of ketones is 1. The molecule has 0 saturated heterocycles. The molecule has 0 N–H and O–H groups in total. The molecule has 0 amide bonds. The van der Waals surface area contributed by atoms with E-state index in [-0.39, 0.29) is 5.78 Å². The second kappa shape index (κ2) is 6.91. The highest BCUT2D eigenvalue weighted by Crippen LogP contribution is 2.23. The number of ether oxygens (including phenoxy) is 1. The van der Waals surface area contributed by atoms with Crippen molar-refractivity contribution >= 4 is 33.3 Å². The van der Waals surface area contributed by atoms with Crippen molar-refractivity contribution in [2.75, 3.05) is 7.11 Å². The van der Waals surface area contributed by atoms with Gasteiger partial charge in [-0.25, -0.2) is 0 Å². The standard InChI is InChI=1S/C16H14BrClO2/c1-20-15-6-7-16(17)12(10-15)9-14(19)8-11-2-4-13(18)5-3-11/h2-7,10H,8-9H2,1H3. The molecule has 0 aliphatic carbocycles. The number of hydrogen-bond donors (Lipinski definition) is 0. The van der Waals surface area contributed by atoms with Crippen LogP contribution in [0.3, 0.4) is 0 Å². The Hall–Kier alpha value is -1.32. The van der Waals surface area contributed by atoms with Crippen LogP contribution in [0.15, 0.2) is 46.9 Å². The molecule has 0 heterocycles. The first kappa shape index (κ1) is 15.1. The average Bonchev–Trinajstić information content (AvgIpc) is 2.44. The summed E-state index contributed by atoms with van der Waals surface area (Å²) in [5.41, 5.74) is 1.90. The van der Waals surface area contributed by atoms with Gasteiger partial charge in [-0.2, -0.15) is 0 Å². The van der Waals surface area contributed by atoms with Crippen LogP contribution in [0, 0.1) is 0 Å². The first-order chi connectivity index (χ1) is 9.58. The Morgan fingerprint density at radius 1 is 1.15 bits per heavy atom. The van der Waals surface area contributed by atoms with Crippen molar-refractivity contribution < 1.29 is 9.53 Å². The summed E-state index contributed by atoms with van der Waals surface area (Å²) < 4.78 is 6.10. The molecular formula is C16H14BrClO2. The Bertz CT molecular complexity index is 608. The molecule has 0 aliphatic rings. The van der Waals surface area contributed by atoms with Crippen LogP contribution < -0.4 is 4.74 Å². The zero-order valence-corrected chi connectivity index (χ0v) is 13.4. The minimum absolute atomic E-state index is 0.154. The predicted molar refractivity (Wildman–Crippen MR) is 84.6 cm³/mol. The predicted octanol–water partition coefficient (Wildman–Crippen LogP) is 4.47. The smallest absolute Gasteiger partial charge is 0.141 e. The lowest BCUT2D eigenvalue weighted by Crippen LogP contribution is -2.07. The molecule has 0 fully saturated rings. The maximum Gasteiger partial charge on any atom is 0.141 e. The minimum atomic E-state index is 0.154. The van der Waals surface area contributed by atoms with Crippen molar-refractivity contribution in [1.29, 1.82) is 0 Å². The second-order valence-electron chi connectivity index (χ2n) is 4.48. The van der Waals surface area contributed by atoms with Crippen LogP contribution in [0.1, 0.15) is 11.1 Å². The number of rotatable bonds is 5. The molecule has 2 aromatic carbocycles. The molecule has 0 atom stereocenters. The van der Waals surface area contributed by atoms with Gasteiger partial charge in [-0.15, -0.1) is 0 Å². The van der Waals surface area contributed by atoms with Gasteiger partial charge in [0.2, 0.25) is 0 Å². The van der Waals surface area contributed by atoms with Gasteiger partial charge in [0.05, 0.1) is 7.11 Å². The molecule has 104 valence electrons. The Labute approximate surface area is 131 Å². The van der Waals surface area contributed by atoms with E-state index in [0.717, 1.165) is 21.3 Å². The van der Waals surface area contributed by atoms with E-state index in [1.165, 1.54) is 0 Å². The molecule has 2 rings (SSSR count). The fraction of sp³-hybridized carbons (Fsp3) is 0.188. The second-order valence-corrected chi connectivity index (χ2v) is 5.77. The normalized spacial score (nSPS) is 10.3. The third kappa shape index (κ3) is 4.09. The highest BCUT2D eigenvalue weighted by atomic mass is 79.9. The Balaban J connectivity index is 2.06. The van der Waals surface area contributed by atoms with Gasteiger partial charge < -0.3 is 4.74 Å². The topological polar surface area (TPSA) is 26.3 Å². The van der Waals surface area contributed by atoms with E-state index in [2.05, 4.69) is 15.9 Å². The summed E-state index contributed by atoms with van der Waals surface area (Å²) >= 11 is 9.28. The lowest BCUT2D eigenvalue weighted by molar-refractivity contribution is -0.117. The van der Waals surface area contributed by atoms with Crippen molar-refractivity contribution in [2.45, 2.75) is 12.8 Å². The Morgan fingerprint density at radius 3 is 2.50 bits per heavy atom. The van der Waals surface area contributed by atoms with Gasteiger partial charge >= 0.3 is 0 Å². The summed E-state index contributed by atoms with van der Waals surface area (Å²) in [4.78, 5) is 12.1. The minimum Gasteiger partial charge on any atom is -0.497 e. The van der Waals surface area contributed by atoms with Crippen LogP contribution in [0.5, 0.6) is 5.75 Å². The molecule has 0 unspecified atom stereocenters. The SMILES string of the molecule is COc1ccc(Br)c(CC(=O)Cc2ccc(Cl)cc2)c1. The summed E-state index contributed by atoms with van der Waals surface area (Å²) in [6.07, 6.45) is 0.779. The number of carbonyl (C=O) groups excluding carboxylic acids is 1. The van der Waals surface area contributed by atoms with Gasteiger partial charge in [-0.05, 0) is 41.5 Å². The number of carbonyl (C=O) groups is 1. The van der Waals surface area contributed by atoms with Crippen LogP contribution in [0.4, 0.5) is 0 Å². The van der Waals surface area contributed by atoms with E-state index < -0.39 is 0 Å². The Kier molecular flexibility index (Phi) is 5.21. The van der Waals surface area contributed by atoms with Gasteiger partial charge in [-0.1, -0.05) is 39.7 Å². The van der Waals surface area contributed by atoms with Crippen LogP contribution in [-0.2, 0) is 17.6 Å². The zero-order valence-electron chi connectivity index (χ0n) is 11.0. The molecular weight excluding hydrogens is 340 g/mol. The quantitative estimate of drug-likeness (QED) is 0.793. The monoisotopic (exact) mass is 352 g/mol. The van der Waals surface area contributed by atoms with Gasteiger partial charge in [0.15, 0.2) is 0 Å². The summed E-state index contributed by atoms with van der Waals surface area (Å²) in [6.45, 7) is 0. The number of benzene rings is 2. The van der Waals surface area contributed by atoms with E-state index in [1.807, 2.05) is 30.3 Å². The van der Waals surface area contributed by atoms with E-state index >= 15 is 0 Å². The molecule has 0 spiro atoms. The maximum atomic E-state index is 12.1. The third-order valence-corrected chi connectivity index (χ3v) is 3.98. The molecule has 4 heteroatoms. The van der Waals surface area contributed by atoms with E-state index in [0.29, 0.717) is 17.9 Å².